The van der Waals surface area contributed by atoms with Crippen molar-refractivity contribution in [2.75, 3.05) is 31.1 Å². The molecular weight excluding hydrogens is 548 g/mol. The maximum Gasteiger partial charge on any atom is 0.253 e. The van der Waals surface area contributed by atoms with Gasteiger partial charge in [-0.2, -0.15) is 0 Å². The van der Waals surface area contributed by atoms with Crippen LogP contribution in [-0.4, -0.2) is 51.8 Å². The lowest BCUT2D eigenvalue weighted by Crippen LogP contribution is -2.49. The molecule has 0 aliphatic carbocycles. The normalized spacial score (nSPS) is 13.6. The second kappa shape index (κ2) is 11.6. The van der Waals surface area contributed by atoms with Crippen LogP contribution in [0.1, 0.15) is 15.9 Å². The molecule has 1 aliphatic rings. The largest absolute Gasteiger partial charge is 0.366 e. The molecule has 0 saturated carbocycles. The maximum absolute atomic E-state index is 14.8. The van der Waals surface area contributed by atoms with E-state index < -0.39 is 0 Å². The van der Waals surface area contributed by atoms with Crippen molar-refractivity contribution < 1.29 is 13.6 Å². The van der Waals surface area contributed by atoms with Gasteiger partial charge in [0.15, 0.2) is 11.0 Å². The SMILES string of the molecule is O=C(c1cccc(CSc2nnc(-c3cccs3)n2-c2ccccc2F)c1)N1CCN(c2ccccc2F)CC1. The van der Waals surface area contributed by atoms with Crippen molar-refractivity contribution in [3.05, 3.63) is 113 Å². The molecule has 202 valence electrons. The molecular formula is C30H25F2N5OS2. The first-order valence-corrected chi connectivity index (χ1v) is 14.7. The van der Waals surface area contributed by atoms with Crippen LogP contribution in [0.3, 0.4) is 0 Å². The van der Waals surface area contributed by atoms with E-state index in [0.717, 1.165) is 10.4 Å². The Labute approximate surface area is 238 Å². The van der Waals surface area contributed by atoms with Crippen LogP contribution in [-0.2, 0) is 5.75 Å². The summed E-state index contributed by atoms with van der Waals surface area (Å²) in [5.74, 6) is 0.459. The number of thioether (sulfide) groups is 1. The summed E-state index contributed by atoms with van der Waals surface area (Å²) in [6, 6.07) is 24.7. The van der Waals surface area contributed by atoms with Gasteiger partial charge in [-0.3, -0.25) is 9.36 Å². The lowest BCUT2D eigenvalue weighted by atomic mass is 10.1. The van der Waals surface area contributed by atoms with E-state index in [1.165, 1.54) is 35.2 Å². The van der Waals surface area contributed by atoms with Crippen molar-refractivity contribution in [2.45, 2.75) is 10.9 Å². The number of amides is 1. The van der Waals surface area contributed by atoms with Crippen LogP contribution in [0.2, 0.25) is 0 Å². The topological polar surface area (TPSA) is 54.3 Å². The van der Waals surface area contributed by atoms with Gasteiger partial charge in [0, 0.05) is 37.5 Å². The number of rotatable bonds is 7. The Bertz CT molecular complexity index is 1630. The summed E-state index contributed by atoms with van der Waals surface area (Å²) in [6.07, 6.45) is 0. The van der Waals surface area contributed by atoms with Gasteiger partial charge in [0.2, 0.25) is 0 Å². The second-order valence-corrected chi connectivity index (χ2v) is 11.2. The van der Waals surface area contributed by atoms with Crippen LogP contribution in [0.5, 0.6) is 0 Å². The van der Waals surface area contributed by atoms with Crippen molar-refractivity contribution >= 4 is 34.7 Å². The molecule has 3 aromatic carbocycles. The molecule has 0 atom stereocenters. The molecule has 0 unspecified atom stereocenters. The third-order valence-corrected chi connectivity index (χ3v) is 8.64. The molecule has 0 N–H and O–H groups in total. The van der Waals surface area contributed by atoms with E-state index in [2.05, 4.69) is 10.2 Å². The number of aromatic nitrogens is 3. The molecule has 1 amide bonds. The molecule has 3 heterocycles. The van der Waals surface area contributed by atoms with E-state index in [4.69, 9.17) is 0 Å². The van der Waals surface area contributed by atoms with Crippen molar-refractivity contribution in [3.63, 3.8) is 0 Å². The number of hydrogen-bond donors (Lipinski definition) is 0. The van der Waals surface area contributed by atoms with E-state index >= 15 is 0 Å². The number of thiophene rings is 1. The molecule has 1 fully saturated rings. The highest BCUT2D eigenvalue weighted by Crippen LogP contribution is 2.33. The van der Waals surface area contributed by atoms with Crippen LogP contribution in [0.4, 0.5) is 14.5 Å². The first-order chi connectivity index (χ1) is 19.6. The highest BCUT2D eigenvalue weighted by atomic mass is 32.2. The van der Waals surface area contributed by atoms with Gasteiger partial charge in [0.25, 0.3) is 5.91 Å². The van der Waals surface area contributed by atoms with Crippen LogP contribution >= 0.6 is 23.1 Å². The summed E-state index contributed by atoms with van der Waals surface area (Å²) in [5, 5.41) is 11.3. The average molecular weight is 574 g/mol. The Hall–Kier alpha value is -4.02. The van der Waals surface area contributed by atoms with Gasteiger partial charge in [0.05, 0.1) is 16.3 Å². The van der Waals surface area contributed by atoms with Crippen LogP contribution in [0.15, 0.2) is 95.5 Å². The van der Waals surface area contributed by atoms with Crippen molar-refractivity contribution in [1.82, 2.24) is 19.7 Å². The number of carbonyl (C=O) groups is 1. The molecule has 0 spiro atoms. The second-order valence-electron chi connectivity index (χ2n) is 9.29. The molecule has 10 heteroatoms. The summed E-state index contributed by atoms with van der Waals surface area (Å²) in [7, 11) is 0. The van der Waals surface area contributed by atoms with Gasteiger partial charge in [0.1, 0.15) is 11.6 Å². The number of carbonyl (C=O) groups excluding carboxylic acids is 1. The van der Waals surface area contributed by atoms with E-state index in [9.17, 15) is 13.6 Å². The molecule has 5 aromatic rings. The van der Waals surface area contributed by atoms with E-state index in [1.54, 1.807) is 34.9 Å². The fraction of sp³-hybridized carbons (Fsp3) is 0.167. The third-order valence-electron chi connectivity index (χ3n) is 6.77. The number of benzene rings is 3. The minimum Gasteiger partial charge on any atom is -0.366 e. The number of anilines is 1. The average Bonchev–Trinajstić information content (AvgIpc) is 3.67. The van der Waals surface area contributed by atoms with Crippen LogP contribution in [0, 0.1) is 11.6 Å². The third kappa shape index (κ3) is 5.37. The molecule has 0 bridgehead atoms. The molecule has 6 nitrogen and oxygen atoms in total. The predicted octanol–water partition coefficient (Wildman–Crippen LogP) is 6.53. The molecule has 1 saturated heterocycles. The van der Waals surface area contributed by atoms with Gasteiger partial charge in [-0.1, -0.05) is 54.2 Å². The highest BCUT2D eigenvalue weighted by Gasteiger charge is 2.24. The lowest BCUT2D eigenvalue weighted by molar-refractivity contribution is 0.0746. The standard InChI is InChI=1S/C30H25F2N5OS2/c31-23-9-1-3-11-25(23)35-14-16-36(17-15-35)29(38)22-8-5-7-21(19-22)20-40-30-34-33-28(27-13-6-18-39-27)37(30)26-12-4-2-10-24(26)32/h1-13,18-19H,14-17,20H2. The number of nitrogens with zero attached hydrogens (tertiary/aromatic N) is 5. The zero-order chi connectivity index (χ0) is 27.5. The van der Waals surface area contributed by atoms with Gasteiger partial charge in [-0.15, -0.1) is 21.5 Å². The Kier molecular flexibility index (Phi) is 7.61. The van der Waals surface area contributed by atoms with E-state index in [-0.39, 0.29) is 17.5 Å². The Morgan fingerprint density at radius 1 is 0.825 bits per heavy atom. The Morgan fingerprint density at radius 3 is 2.25 bits per heavy atom. The number of halogens is 2. The minimum absolute atomic E-state index is 0.0467. The monoisotopic (exact) mass is 573 g/mol. The summed E-state index contributed by atoms with van der Waals surface area (Å²) in [5.41, 5.74) is 2.50. The summed E-state index contributed by atoms with van der Waals surface area (Å²) in [4.78, 5) is 18.0. The summed E-state index contributed by atoms with van der Waals surface area (Å²) >= 11 is 2.96. The predicted molar refractivity (Wildman–Crippen MR) is 155 cm³/mol. The molecule has 1 aliphatic heterocycles. The van der Waals surface area contributed by atoms with Crippen LogP contribution in [0.25, 0.3) is 16.4 Å². The summed E-state index contributed by atoms with van der Waals surface area (Å²) in [6.45, 7) is 2.17. The van der Waals surface area contributed by atoms with E-state index in [1.807, 2.05) is 57.6 Å². The molecule has 0 radical (unpaired) electrons. The van der Waals surface area contributed by atoms with E-state index in [0.29, 0.717) is 59.9 Å². The van der Waals surface area contributed by atoms with Crippen molar-refractivity contribution in [2.24, 2.45) is 0 Å². The Morgan fingerprint density at radius 2 is 1.55 bits per heavy atom. The smallest absolute Gasteiger partial charge is 0.253 e. The zero-order valence-electron chi connectivity index (χ0n) is 21.4. The fourth-order valence-corrected chi connectivity index (χ4v) is 6.35. The fourth-order valence-electron chi connectivity index (χ4n) is 4.76. The van der Waals surface area contributed by atoms with Gasteiger partial charge >= 0.3 is 0 Å². The van der Waals surface area contributed by atoms with Gasteiger partial charge in [-0.05, 0) is 53.4 Å². The quantitative estimate of drug-likeness (QED) is 0.207. The maximum atomic E-state index is 14.8. The van der Waals surface area contributed by atoms with Gasteiger partial charge in [-0.25, -0.2) is 8.78 Å². The lowest BCUT2D eigenvalue weighted by Gasteiger charge is -2.36. The molecule has 40 heavy (non-hydrogen) atoms. The number of para-hydroxylation sites is 2. The molecule has 2 aromatic heterocycles. The highest BCUT2D eigenvalue weighted by molar-refractivity contribution is 7.98. The zero-order valence-corrected chi connectivity index (χ0v) is 23.0. The first kappa shape index (κ1) is 26.2. The van der Waals surface area contributed by atoms with Gasteiger partial charge < -0.3 is 9.80 Å². The number of piperazine rings is 1. The first-order valence-electron chi connectivity index (χ1n) is 12.8. The minimum atomic E-state index is -0.357. The van der Waals surface area contributed by atoms with Crippen LogP contribution < -0.4 is 4.90 Å². The van der Waals surface area contributed by atoms with Crippen molar-refractivity contribution in [1.29, 1.82) is 0 Å². The van der Waals surface area contributed by atoms with Crippen molar-refractivity contribution in [3.8, 4) is 16.4 Å². The number of hydrogen-bond acceptors (Lipinski definition) is 6. The molecule has 6 rings (SSSR count). The summed E-state index contributed by atoms with van der Waals surface area (Å²) < 4.78 is 30.8. The Balaban J connectivity index is 1.17.